The van der Waals surface area contributed by atoms with Crippen molar-refractivity contribution >= 4 is 12.0 Å². The van der Waals surface area contributed by atoms with E-state index in [0.717, 1.165) is 5.69 Å². The first-order chi connectivity index (χ1) is 8.50. The van der Waals surface area contributed by atoms with Crippen molar-refractivity contribution in [3.63, 3.8) is 0 Å². The van der Waals surface area contributed by atoms with Gasteiger partial charge in [0.05, 0.1) is 18.2 Å². The van der Waals surface area contributed by atoms with E-state index in [0.29, 0.717) is 0 Å². The summed E-state index contributed by atoms with van der Waals surface area (Å²) < 4.78 is 0. The average molecular weight is 251 g/mol. The Morgan fingerprint density at radius 3 is 2.78 bits per heavy atom. The van der Waals surface area contributed by atoms with Crippen LogP contribution in [0.15, 0.2) is 24.4 Å². The summed E-state index contributed by atoms with van der Waals surface area (Å²) in [5.74, 6) is -0.924. The maximum Gasteiger partial charge on any atom is 0.317 e. The molecule has 0 aliphatic carbocycles. The van der Waals surface area contributed by atoms with Crippen molar-refractivity contribution in [1.82, 2.24) is 15.2 Å². The molecule has 0 bridgehead atoms. The molecule has 0 saturated carbocycles. The van der Waals surface area contributed by atoms with Crippen LogP contribution in [-0.4, -0.2) is 40.6 Å². The summed E-state index contributed by atoms with van der Waals surface area (Å²) in [7, 11) is 1.56. The number of rotatable bonds is 5. The lowest BCUT2D eigenvalue weighted by Gasteiger charge is -2.20. The van der Waals surface area contributed by atoms with Crippen LogP contribution in [0.4, 0.5) is 4.79 Å². The molecule has 1 rings (SSSR count). The van der Waals surface area contributed by atoms with Crippen LogP contribution < -0.4 is 5.32 Å². The number of aliphatic carboxylic acids is 1. The molecule has 98 valence electrons. The number of urea groups is 1. The fourth-order valence-corrected chi connectivity index (χ4v) is 1.37. The van der Waals surface area contributed by atoms with Crippen LogP contribution >= 0.6 is 0 Å². The molecule has 6 nitrogen and oxygen atoms in total. The standard InChI is InChI=1S/C12H17N3O3/c1-9(10-5-3-4-7-13-10)14-12(18)15(2)8-6-11(16)17/h3-5,7,9H,6,8H2,1-2H3,(H,14,18)(H,16,17). The number of amides is 2. The van der Waals surface area contributed by atoms with Gasteiger partial charge in [-0.05, 0) is 19.1 Å². The number of carbonyl (C=O) groups is 2. The highest BCUT2D eigenvalue weighted by Crippen LogP contribution is 2.08. The Labute approximate surface area is 106 Å². The second-order valence-corrected chi connectivity index (χ2v) is 3.99. The molecule has 0 aromatic carbocycles. The molecular weight excluding hydrogens is 234 g/mol. The summed E-state index contributed by atoms with van der Waals surface area (Å²) in [6.45, 7) is 2.00. The third kappa shape index (κ3) is 4.40. The normalized spacial score (nSPS) is 11.7. The molecule has 0 fully saturated rings. The molecule has 2 N–H and O–H groups in total. The fraction of sp³-hybridized carbons (Fsp3) is 0.417. The van der Waals surface area contributed by atoms with Crippen molar-refractivity contribution < 1.29 is 14.7 Å². The summed E-state index contributed by atoms with van der Waals surface area (Å²) in [5.41, 5.74) is 0.762. The maximum atomic E-state index is 11.7. The van der Waals surface area contributed by atoms with Gasteiger partial charge in [0.25, 0.3) is 0 Å². The molecule has 0 aliphatic heterocycles. The Kier molecular flexibility index (Phi) is 5.10. The highest BCUT2D eigenvalue weighted by molar-refractivity contribution is 5.75. The van der Waals surface area contributed by atoms with Crippen molar-refractivity contribution in [2.75, 3.05) is 13.6 Å². The number of carboxylic acid groups (broad SMARTS) is 1. The van der Waals surface area contributed by atoms with Gasteiger partial charge in [-0.15, -0.1) is 0 Å². The molecule has 18 heavy (non-hydrogen) atoms. The Morgan fingerprint density at radius 2 is 2.22 bits per heavy atom. The second kappa shape index (κ2) is 6.58. The Balaban J connectivity index is 2.46. The minimum atomic E-state index is -0.924. The molecule has 0 radical (unpaired) electrons. The maximum absolute atomic E-state index is 11.7. The average Bonchev–Trinajstić information content (AvgIpc) is 2.36. The van der Waals surface area contributed by atoms with E-state index in [1.165, 1.54) is 4.90 Å². The summed E-state index contributed by atoms with van der Waals surface area (Å²) in [6.07, 6.45) is 1.59. The molecule has 0 aliphatic rings. The first-order valence-electron chi connectivity index (χ1n) is 5.65. The highest BCUT2D eigenvalue weighted by atomic mass is 16.4. The Bertz CT molecular complexity index is 408. The zero-order valence-electron chi connectivity index (χ0n) is 10.5. The van der Waals surface area contributed by atoms with Crippen LogP contribution in [0.5, 0.6) is 0 Å². The van der Waals surface area contributed by atoms with Crippen molar-refractivity contribution in [2.45, 2.75) is 19.4 Å². The van der Waals surface area contributed by atoms with Crippen molar-refractivity contribution in [3.05, 3.63) is 30.1 Å². The monoisotopic (exact) mass is 251 g/mol. The van der Waals surface area contributed by atoms with E-state index in [2.05, 4.69) is 10.3 Å². The largest absolute Gasteiger partial charge is 0.481 e. The molecule has 1 aromatic heterocycles. The van der Waals surface area contributed by atoms with E-state index in [9.17, 15) is 9.59 Å². The van der Waals surface area contributed by atoms with Crippen LogP contribution in [0.3, 0.4) is 0 Å². The highest BCUT2D eigenvalue weighted by Gasteiger charge is 2.14. The lowest BCUT2D eigenvalue weighted by Crippen LogP contribution is -2.39. The summed E-state index contributed by atoms with van der Waals surface area (Å²) in [6, 6.07) is 4.94. The fourth-order valence-electron chi connectivity index (χ4n) is 1.37. The van der Waals surface area contributed by atoms with Gasteiger partial charge in [-0.25, -0.2) is 4.79 Å². The third-order valence-electron chi connectivity index (χ3n) is 2.48. The SMILES string of the molecule is CC(NC(=O)N(C)CCC(=O)O)c1ccccn1. The number of carboxylic acids is 1. The van der Waals surface area contributed by atoms with E-state index in [4.69, 9.17) is 5.11 Å². The van der Waals surface area contributed by atoms with Gasteiger partial charge in [0, 0.05) is 19.8 Å². The number of aromatic nitrogens is 1. The molecule has 0 saturated heterocycles. The molecule has 1 atom stereocenters. The van der Waals surface area contributed by atoms with Crippen LogP contribution in [0.1, 0.15) is 25.1 Å². The van der Waals surface area contributed by atoms with Crippen LogP contribution in [0.2, 0.25) is 0 Å². The van der Waals surface area contributed by atoms with E-state index in [-0.39, 0.29) is 25.0 Å². The smallest absolute Gasteiger partial charge is 0.317 e. The van der Waals surface area contributed by atoms with Crippen LogP contribution in [0.25, 0.3) is 0 Å². The number of carbonyl (C=O) groups excluding carboxylic acids is 1. The zero-order valence-corrected chi connectivity index (χ0v) is 10.5. The van der Waals surface area contributed by atoms with Gasteiger partial charge in [0.2, 0.25) is 0 Å². The molecular formula is C12H17N3O3. The molecule has 1 unspecified atom stereocenters. The van der Waals surface area contributed by atoms with E-state index in [1.807, 2.05) is 19.1 Å². The van der Waals surface area contributed by atoms with Gasteiger partial charge >= 0.3 is 12.0 Å². The van der Waals surface area contributed by atoms with Gasteiger partial charge in [0.1, 0.15) is 0 Å². The summed E-state index contributed by atoms with van der Waals surface area (Å²) in [4.78, 5) is 27.6. The zero-order chi connectivity index (χ0) is 13.5. The molecule has 1 aromatic rings. The lowest BCUT2D eigenvalue weighted by molar-refractivity contribution is -0.137. The van der Waals surface area contributed by atoms with Crippen LogP contribution in [0, 0.1) is 0 Å². The van der Waals surface area contributed by atoms with Gasteiger partial charge in [-0.2, -0.15) is 0 Å². The van der Waals surface area contributed by atoms with Crippen molar-refractivity contribution in [1.29, 1.82) is 0 Å². The van der Waals surface area contributed by atoms with Gasteiger partial charge < -0.3 is 15.3 Å². The number of hydrogen-bond donors (Lipinski definition) is 2. The summed E-state index contributed by atoms with van der Waals surface area (Å²) in [5, 5.41) is 11.3. The van der Waals surface area contributed by atoms with Crippen molar-refractivity contribution in [2.24, 2.45) is 0 Å². The lowest BCUT2D eigenvalue weighted by atomic mass is 10.2. The predicted molar refractivity (Wildman–Crippen MR) is 66.1 cm³/mol. The number of hydrogen-bond acceptors (Lipinski definition) is 3. The molecule has 1 heterocycles. The minimum absolute atomic E-state index is 0.0676. The second-order valence-electron chi connectivity index (χ2n) is 3.99. The molecule has 0 spiro atoms. The Morgan fingerprint density at radius 1 is 1.50 bits per heavy atom. The molecule has 6 heteroatoms. The van der Waals surface area contributed by atoms with E-state index in [1.54, 1.807) is 19.3 Å². The van der Waals surface area contributed by atoms with Crippen LogP contribution in [-0.2, 0) is 4.79 Å². The van der Waals surface area contributed by atoms with Gasteiger partial charge in [-0.1, -0.05) is 6.07 Å². The minimum Gasteiger partial charge on any atom is -0.481 e. The number of nitrogens with one attached hydrogen (secondary N) is 1. The van der Waals surface area contributed by atoms with Crippen molar-refractivity contribution in [3.8, 4) is 0 Å². The summed E-state index contributed by atoms with van der Waals surface area (Å²) >= 11 is 0. The van der Waals surface area contributed by atoms with E-state index >= 15 is 0 Å². The number of pyridine rings is 1. The van der Waals surface area contributed by atoms with Gasteiger partial charge in [0.15, 0.2) is 0 Å². The molecule has 2 amide bonds. The number of nitrogens with zero attached hydrogens (tertiary/aromatic N) is 2. The third-order valence-corrected chi connectivity index (χ3v) is 2.48. The predicted octanol–water partition coefficient (Wildman–Crippen LogP) is 1.26. The topological polar surface area (TPSA) is 82.5 Å². The van der Waals surface area contributed by atoms with E-state index < -0.39 is 5.97 Å². The first-order valence-corrected chi connectivity index (χ1v) is 5.65. The quantitative estimate of drug-likeness (QED) is 0.825. The Hall–Kier alpha value is -2.11. The van der Waals surface area contributed by atoms with Gasteiger partial charge in [-0.3, -0.25) is 9.78 Å². The first kappa shape index (κ1) is 14.0.